The number of hydrogen-bond acceptors (Lipinski definition) is 9. The van der Waals surface area contributed by atoms with E-state index in [-0.39, 0.29) is 23.5 Å². The van der Waals surface area contributed by atoms with Crippen LogP contribution in [0.3, 0.4) is 0 Å². The van der Waals surface area contributed by atoms with Crippen LogP contribution in [0, 0.1) is 0 Å². The highest BCUT2D eigenvalue weighted by molar-refractivity contribution is 6.29. The predicted molar refractivity (Wildman–Crippen MR) is 116 cm³/mol. The van der Waals surface area contributed by atoms with Crippen molar-refractivity contribution in [2.75, 3.05) is 45.2 Å². The molecule has 0 radical (unpaired) electrons. The highest BCUT2D eigenvalue weighted by Gasteiger charge is 2.36. The number of hydrogen-bond donors (Lipinski definition) is 7. The van der Waals surface area contributed by atoms with Gasteiger partial charge < -0.3 is 36.4 Å². The Bertz CT molecular complexity index is 1160. The van der Waals surface area contributed by atoms with Crippen molar-refractivity contribution in [2.45, 2.75) is 6.54 Å². The number of fused-ring (bicyclic) bond motifs is 2. The molecule has 0 fully saturated rings. The number of rotatable bonds is 9. The van der Waals surface area contributed by atoms with Crippen molar-refractivity contribution >= 4 is 22.4 Å². The molecular formula is C21H25N5O5. The summed E-state index contributed by atoms with van der Waals surface area (Å²) in [6.45, 7) is 2.74. The first-order valence-electron chi connectivity index (χ1n) is 10.1. The Morgan fingerprint density at radius 2 is 1.81 bits per heavy atom. The molecule has 2 aromatic carbocycles. The maximum atomic E-state index is 13.5. The molecule has 1 aromatic heterocycles. The van der Waals surface area contributed by atoms with E-state index in [2.05, 4.69) is 21.0 Å². The first-order chi connectivity index (χ1) is 15.0. The van der Waals surface area contributed by atoms with E-state index in [1.54, 1.807) is 10.7 Å². The molecule has 0 aliphatic heterocycles. The molecule has 10 nitrogen and oxygen atoms in total. The van der Waals surface area contributed by atoms with Gasteiger partial charge in [-0.05, 0) is 19.2 Å². The van der Waals surface area contributed by atoms with Crippen LogP contribution in [0.25, 0.3) is 22.2 Å². The summed E-state index contributed by atoms with van der Waals surface area (Å²) < 4.78 is 1.72. The average molecular weight is 427 g/mol. The normalized spacial score (nSPS) is 12.4. The molecule has 0 spiro atoms. The van der Waals surface area contributed by atoms with E-state index in [0.717, 1.165) is 6.07 Å². The van der Waals surface area contributed by atoms with E-state index in [4.69, 9.17) is 5.11 Å². The number of aliphatic hydroxyl groups excluding tert-OH is 1. The number of nitrogens with zero attached hydrogens (tertiary/aromatic N) is 2. The number of ketones is 1. The van der Waals surface area contributed by atoms with Crippen molar-refractivity contribution in [1.29, 1.82) is 0 Å². The molecule has 1 aliphatic carbocycles. The van der Waals surface area contributed by atoms with Crippen LogP contribution < -0.4 is 16.0 Å². The summed E-state index contributed by atoms with van der Waals surface area (Å²) in [5, 5.41) is 54.5. The molecule has 0 saturated heterocycles. The molecule has 0 bridgehead atoms. The maximum Gasteiger partial charge on any atom is 0.200 e. The first-order valence-corrected chi connectivity index (χ1v) is 10.1. The van der Waals surface area contributed by atoms with Gasteiger partial charge in [-0.2, -0.15) is 5.10 Å². The summed E-state index contributed by atoms with van der Waals surface area (Å²) in [6.07, 6.45) is 0. The predicted octanol–water partition coefficient (Wildman–Crippen LogP) is 0.578. The van der Waals surface area contributed by atoms with Gasteiger partial charge in [0.25, 0.3) is 0 Å². The molecule has 0 saturated carbocycles. The third kappa shape index (κ3) is 3.44. The Morgan fingerprint density at radius 3 is 2.55 bits per heavy atom. The molecule has 1 aliphatic rings. The van der Waals surface area contributed by atoms with Crippen LogP contribution in [-0.4, -0.2) is 75.8 Å². The number of carbonyl (C=O) groups is 1. The van der Waals surface area contributed by atoms with Crippen LogP contribution in [0.5, 0.6) is 17.2 Å². The van der Waals surface area contributed by atoms with Crippen molar-refractivity contribution in [2.24, 2.45) is 0 Å². The summed E-state index contributed by atoms with van der Waals surface area (Å²) in [5.41, 5.74) is 1.93. The standard InChI is InChI=1S/C21H25N5O5/c1-22-4-5-24-11-2-3-12-16-15(11)21(31)18-17(13(28)10-14(29)20(18)30)19(16)25-26(12)8-6-23-7-9-27/h2-3,10,22-24,27-30H,4-9H2,1H3. The lowest BCUT2D eigenvalue weighted by atomic mass is 9.85. The topological polar surface area (TPSA) is 152 Å². The molecule has 1 heterocycles. The number of aromatic hydroxyl groups is 3. The van der Waals surface area contributed by atoms with Crippen LogP contribution in [-0.2, 0) is 6.54 Å². The number of anilines is 1. The molecule has 0 unspecified atom stereocenters. The Balaban J connectivity index is 1.92. The van der Waals surface area contributed by atoms with Gasteiger partial charge in [-0.1, -0.05) is 0 Å². The lowest BCUT2D eigenvalue weighted by molar-refractivity contribution is 0.103. The van der Waals surface area contributed by atoms with Crippen LogP contribution in [0.2, 0.25) is 0 Å². The Hall–Kier alpha value is -3.34. The highest BCUT2D eigenvalue weighted by Crippen LogP contribution is 2.50. The first kappa shape index (κ1) is 20.9. The van der Waals surface area contributed by atoms with E-state index >= 15 is 0 Å². The average Bonchev–Trinajstić information content (AvgIpc) is 3.11. The number of aromatic nitrogens is 2. The third-order valence-electron chi connectivity index (χ3n) is 5.35. The van der Waals surface area contributed by atoms with E-state index < -0.39 is 17.3 Å². The fourth-order valence-electron chi connectivity index (χ4n) is 3.94. The largest absolute Gasteiger partial charge is 0.507 e. The molecule has 0 atom stereocenters. The second kappa shape index (κ2) is 8.42. The number of carbonyl (C=O) groups excluding carboxylic acids is 1. The van der Waals surface area contributed by atoms with Gasteiger partial charge in [0, 0.05) is 43.3 Å². The zero-order chi connectivity index (χ0) is 22.1. The Morgan fingerprint density at radius 1 is 1.00 bits per heavy atom. The summed E-state index contributed by atoms with van der Waals surface area (Å²) in [6, 6.07) is 4.66. The lowest BCUT2D eigenvalue weighted by Gasteiger charge is -2.20. The number of nitrogens with one attached hydrogen (secondary N) is 3. The van der Waals surface area contributed by atoms with E-state index in [1.807, 2.05) is 13.1 Å². The Labute approximate surface area is 178 Å². The van der Waals surface area contributed by atoms with Gasteiger partial charge in [0.15, 0.2) is 11.5 Å². The van der Waals surface area contributed by atoms with E-state index in [1.165, 1.54) is 0 Å². The molecule has 7 N–H and O–H groups in total. The van der Waals surface area contributed by atoms with Gasteiger partial charge in [-0.15, -0.1) is 0 Å². The van der Waals surface area contributed by atoms with Crippen LogP contribution in [0.1, 0.15) is 15.9 Å². The summed E-state index contributed by atoms with van der Waals surface area (Å²) in [4.78, 5) is 13.5. The van der Waals surface area contributed by atoms with Crippen molar-refractivity contribution in [3.8, 4) is 28.5 Å². The maximum absolute atomic E-state index is 13.5. The minimum Gasteiger partial charge on any atom is -0.507 e. The summed E-state index contributed by atoms with van der Waals surface area (Å²) >= 11 is 0. The monoisotopic (exact) mass is 427 g/mol. The quantitative estimate of drug-likeness (QED) is 0.116. The minimum absolute atomic E-state index is 0.0232. The summed E-state index contributed by atoms with van der Waals surface area (Å²) in [5.74, 6) is -1.98. The second-order valence-electron chi connectivity index (χ2n) is 7.30. The SMILES string of the molecule is CNCCNc1ccc2c3c(nn2CCNCCO)-c2c(O)cc(O)c(O)c2C(=O)c13. The highest BCUT2D eigenvalue weighted by atomic mass is 16.3. The smallest absolute Gasteiger partial charge is 0.200 e. The molecule has 4 rings (SSSR count). The van der Waals surface area contributed by atoms with Crippen molar-refractivity contribution < 1.29 is 25.2 Å². The van der Waals surface area contributed by atoms with Gasteiger partial charge in [0.1, 0.15) is 11.4 Å². The zero-order valence-corrected chi connectivity index (χ0v) is 17.1. The number of phenolic OH excluding ortho intramolecular Hbond substituents is 3. The summed E-state index contributed by atoms with van der Waals surface area (Å²) in [7, 11) is 1.83. The Kier molecular flexibility index (Phi) is 5.68. The number of phenols is 3. The van der Waals surface area contributed by atoms with Gasteiger partial charge in [-0.25, -0.2) is 0 Å². The number of aliphatic hydroxyl groups is 1. The molecule has 164 valence electrons. The number of likely N-dealkylation sites (N-methyl/N-ethyl adjacent to an activating group) is 1. The molecule has 31 heavy (non-hydrogen) atoms. The lowest BCUT2D eigenvalue weighted by Crippen LogP contribution is -2.23. The minimum atomic E-state index is -0.583. The van der Waals surface area contributed by atoms with Crippen molar-refractivity contribution in [1.82, 2.24) is 20.4 Å². The van der Waals surface area contributed by atoms with Crippen molar-refractivity contribution in [3.63, 3.8) is 0 Å². The van der Waals surface area contributed by atoms with Crippen LogP contribution in [0.15, 0.2) is 18.2 Å². The zero-order valence-electron chi connectivity index (χ0n) is 17.1. The van der Waals surface area contributed by atoms with Crippen LogP contribution >= 0.6 is 0 Å². The van der Waals surface area contributed by atoms with Crippen LogP contribution in [0.4, 0.5) is 5.69 Å². The fraction of sp³-hybridized carbons (Fsp3) is 0.333. The van der Waals surface area contributed by atoms with E-state index in [0.29, 0.717) is 60.6 Å². The van der Waals surface area contributed by atoms with Gasteiger partial charge >= 0.3 is 0 Å². The molecular weight excluding hydrogens is 402 g/mol. The van der Waals surface area contributed by atoms with Gasteiger partial charge in [0.2, 0.25) is 5.78 Å². The molecule has 3 aromatic rings. The number of benzene rings is 2. The molecule has 0 amide bonds. The van der Waals surface area contributed by atoms with Gasteiger partial charge in [-0.3, -0.25) is 9.48 Å². The van der Waals surface area contributed by atoms with E-state index in [9.17, 15) is 20.1 Å². The molecule has 10 heteroatoms. The second-order valence-corrected chi connectivity index (χ2v) is 7.30. The third-order valence-corrected chi connectivity index (χ3v) is 5.35. The fourth-order valence-corrected chi connectivity index (χ4v) is 3.94. The van der Waals surface area contributed by atoms with Crippen molar-refractivity contribution in [3.05, 3.63) is 29.3 Å². The van der Waals surface area contributed by atoms with Gasteiger partial charge in [0.05, 0.1) is 35.4 Å².